The first-order chi connectivity index (χ1) is 19.5. The van der Waals surface area contributed by atoms with Crippen molar-refractivity contribution in [3.05, 3.63) is 71.1 Å². The van der Waals surface area contributed by atoms with Gasteiger partial charge in [-0.3, -0.25) is 0 Å². The minimum atomic E-state index is -4.79. The third-order valence-corrected chi connectivity index (χ3v) is 7.71. The van der Waals surface area contributed by atoms with Crippen LogP contribution in [0.2, 0.25) is 0 Å². The van der Waals surface area contributed by atoms with Gasteiger partial charge in [0, 0.05) is 5.56 Å². The van der Waals surface area contributed by atoms with Crippen LogP contribution in [0.3, 0.4) is 0 Å². The number of halogens is 4. The quantitative estimate of drug-likeness (QED) is 0.263. The number of benzene rings is 2. The molecule has 3 aromatic heterocycles. The van der Waals surface area contributed by atoms with Gasteiger partial charge in [0.25, 0.3) is 0 Å². The van der Waals surface area contributed by atoms with Gasteiger partial charge in [-0.05, 0) is 43.3 Å². The van der Waals surface area contributed by atoms with Crippen molar-refractivity contribution in [2.24, 2.45) is 0 Å². The van der Waals surface area contributed by atoms with Crippen LogP contribution in [0.4, 0.5) is 17.6 Å². The van der Waals surface area contributed by atoms with Crippen LogP contribution in [0, 0.1) is 12.7 Å². The number of alkyl halides is 3. The third kappa shape index (κ3) is 4.97. The van der Waals surface area contributed by atoms with Crippen LogP contribution in [0.15, 0.2) is 48.9 Å². The van der Waals surface area contributed by atoms with Crippen molar-refractivity contribution < 1.29 is 37.6 Å². The molecule has 6 rings (SSSR count). The molecule has 11 nitrogen and oxygen atoms in total. The van der Waals surface area contributed by atoms with E-state index in [-0.39, 0.29) is 17.1 Å². The van der Waals surface area contributed by atoms with Gasteiger partial charge in [-0.2, -0.15) is 18.3 Å². The normalized spacial score (nSPS) is 23.4. The summed E-state index contributed by atoms with van der Waals surface area (Å²) in [6.45, 7) is 1.25. The second-order valence-corrected chi connectivity index (χ2v) is 10.7. The van der Waals surface area contributed by atoms with Crippen molar-refractivity contribution in [2.45, 2.75) is 43.6 Å². The number of aryl methyl sites for hydroxylation is 1. The van der Waals surface area contributed by atoms with E-state index in [1.165, 1.54) is 28.5 Å². The Morgan fingerprint density at radius 2 is 1.90 bits per heavy atom. The van der Waals surface area contributed by atoms with Gasteiger partial charge in [0.05, 0.1) is 39.3 Å². The zero-order valence-corrected chi connectivity index (χ0v) is 21.8. The summed E-state index contributed by atoms with van der Waals surface area (Å²) in [6.07, 6.45) is -7.82. The summed E-state index contributed by atoms with van der Waals surface area (Å²) in [5.41, 5.74) is -0.141. The first-order valence-electron chi connectivity index (χ1n) is 12.2. The molecule has 0 radical (unpaired) electrons. The standard InChI is InChI=1S/C25H21F4N7O4S/c1-11-32-16-3-2-15(7-19(16)41-11)36-24(30-10-31-36)23-22(39)20(21(38)18(9-37)40-23)35-8-17(33-34-35)12-4-13(25(27,28)29)6-14(26)5-12/h2-8,10,18,20-23,37-39H,9H2,1H3/t18-,20+,21+,22-,23-/m1/s1. The van der Waals surface area contributed by atoms with Gasteiger partial charge in [-0.25, -0.2) is 23.7 Å². The fourth-order valence-corrected chi connectivity index (χ4v) is 5.75. The van der Waals surface area contributed by atoms with E-state index in [9.17, 15) is 32.9 Å². The van der Waals surface area contributed by atoms with Crippen LogP contribution in [0.25, 0.3) is 27.2 Å². The minimum Gasteiger partial charge on any atom is -0.394 e. The van der Waals surface area contributed by atoms with E-state index in [1.54, 1.807) is 6.07 Å². The summed E-state index contributed by atoms with van der Waals surface area (Å²) in [4.78, 5) is 8.71. The van der Waals surface area contributed by atoms with Crippen molar-refractivity contribution in [1.29, 1.82) is 0 Å². The SMILES string of the molecule is Cc1nc2ccc(-n3ncnc3[C@@H]3O[C@H](CO)[C@H](O)[C@H](n4cc(-c5cc(F)cc(C(F)(F)F)c5)nn4)[C@H]3O)cc2s1. The molecule has 0 saturated carbocycles. The molecule has 0 amide bonds. The Labute approximate surface area is 232 Å². The Balaban J connectivity index is 1.36. The number of ether oxygens (including phenoxy) is 1. The van der Waals surface area contributed by atoms with Crippen LogP contribution < -0.4 is 0 Å². The Kier molecular flexibility index (Phi) is 6.82. The highest BCUT2D eigenvalue weighted by Crippen LogP contribution is 2.39. The lowest BCUT2D eigenvalue weighted by molar-refractivity contribution is -0.210. The molecule has 0 aliphatic carbocycles. The summed E-state index contributed by atoms with van der Waals surface area (Å²) >= 11 is 1.49. The fourth-order valence-electron chi connectivity index (χ4n) is 4.89. The molecule has 1 saturated heterocycles. The molecule has 0 unspecified atom stereocenters. The molecule has 1 aliphatic rings. The highest BCUT2D eigenvalue weighted by Gasteiger charge is 2.48. The molecule has 5 atom stereocenters. The van der Waals surface area contributed by atoms with Gasteiger partial charge < -0.3 is 20.1 Å². The van der Waals surface area contributed by atoms with Crippen molar-refractivity contribution in [1.82, 2.24) is 34.7 Å². The second-order valence-electron chi connectivity index (χ2n) is 9.47. The maximum atomic E-state index is 14.0. The Hall–Kier alpha value is -3.83. The Morgan fingerprint density at radius 3 is 2.66 bits per heavy atom. The van der Waals surface area contributed by atoms with Gasteiger partial charge in [0.1, 0.15) is 48.3 Å². The van der Waals surface area contributed by atoms with E-state index in [1.807, 2.05) is 19.1 Å². The van der Waals surface area contributed by atoms with Crippen LogP contribution in [-0.2, 0) is 10.9 Å². The number of rotatable bonds is 5. The van der Waals surface area contributed by atoms with Crippen LogP contribution >= 0.6 is 11.3 Å². The number of thiazole rings is 1. The van der Waals surface area contributed by atoms with Crippen molar-refractivity contribution >= 4 is 21.6 Å². The number of aliphatic hydroxyl groups is 3. The largest absolute Gasteiger partial charge is 0.416 e. The number of aromatic nitrogens is 7. The van der Waals surface area contributed by atoms with E-state index < -0.39 is 54.6 Å². The number of fused-ring (bicyclic) bond motifs is 1. The maximum absolute atomic E-state index is 14.0. The smallest absolute Gasteiger partial charge is 0.394 e. The van der Waals surface area contributed by atoms with Crippen LogP contribution in [-0.4, -0.2) is 75.0 Å². The fraction of sp³-hybridized carbons (Fsp3) is 0.320. The monoisotopic (exact) mass is 591 g/mol. The highest BCUT2D eigenvalue weighted by atomic mass is 32.1. The Bertz CT molecular complexity index is 1720. The molecule has 0 bridgehead atoms. The Morgan fingerprint density at radius 1 is 1.10 bits per heavy atom. The summed E-state index contributed by atoms with van der Waals surface area (Å²) in [6, 6.07) is 6.10. The molecule has 16 heteroatoms. The predicted octanol–water partition coefficient (Wildman–Crippen LogP) is 3.00. The lowest BCUT2D eigenvalue weighted by Gasteiger charge is -2.41. The van der Waals surface area contributed by atoms with E-state index in [2.05, 4.69) is 25.4 Å². The zero-order valence-electron chi connectivity index (χ0n) is 21.0. The summed E-state index contributed by atoms with van der Waals surface area (Å²) in [5, 5.41) is 45.2. The molecular weight excluding hydrogens is 570 g/mol. The van der Waals surface area contributed by atoms with Gasteiger partial charge in [-0.15, -0.1) is 16.4 Å². The topological polar surface area (TPSA) is 144 Å². The molecule has 214 valence electrons. The van der Waals surface area contributed by atoms with Gasteiger partial charge in [0.15, 0.2) is 5.82 Å². The van der Waals surface area contributed by atoms with Crippen molar-refractivity contribution in [2.75, 3.05) is 6.61 Å². The van der Waals surface area contributed by atoms with E-state index >= 15 is 0 Å². The third-order valence-electron chi connectivity index (χ3n) is 6.78. The maximum Gasteiger partial charge on any atom is 0.416 e. The van der Waals surface area contributed by atoms with Crippen LogP contribution in [0.1, 0.15) is 28.5 Å². The van der Waals surface area contributed by atoms with Gasteiger partial charge >= 0.3 is 6.18 Å². The first-order valence-corrected chi connectivity index (χ1v) is 13.0. The average Bonchev–Trinajstić information content (AvgIpc) is 3.67. The van der Waals surface area contributed by atoms with Crippen LogP contribution in [0.5, 0.6) is 0 Å². The van der Waals surface area contributed by atoms with Gasteiger partial charge in [0.2, 0.25) is 0 Å². The average molecular weight is 592 g/mol. The summed E-state index contributed by atoms with van der Waals surface area (Å²) in [7, 11) is 0. The number of hydrogen-bond donors (Lipinski definition) is 3. The van der Waals surface area contributed by atoms with E-state index in [0.717, 1.165) is 32.0 Å². The molecule has 0 spiro atoms. The molecule has 4 heterocycles. The number of aliphatic hydroxyl groups excluding tert-OH is 3. The molecule has 3 N–H and O–H groups in total. The molecule has 1 fully saturated rings. The van der Waals surface area contributed by atoms with Crippen molar-refractivity contribution in [3.63, 3.8) is 0 Å². The summed E-state index contributed by atoms with van der Waals surface area (Å²) in [5.74, 6) is -0.962. The number of hydrogen-bond acceptors (Lipinski definition) is 10. The van der Waals surface area contributed by atoms with Gasteiger partial charge in [-0.1, -0.05) is 5.21 Å². The highest BCUT2D eigenvalue weighted by molar-refractivity contribution is 7.18. The first kappa shape index (κ1) is 27.3. The minimum absolute atomic E-state index is 0.130. The zero-order chi connectivity index (χ0) is 29.1. The van der Waals surface area contributed by atoms with Crippen molar-refractivity contribution in [3.8, 4) is 16.9 Å². The second kappa shape index (κ2) is 10.2. The summed E-state index contributed by atoms with van der Waals surface area (Å²) < 4.78 is 62.9. The molecule has 41 heavy (non-hydrogen) atoms. The van der Waals surface area contributed by atoms with E-state index in [4.69, 9.17) is 4.74 Å². The molecular formula is C25H21F4N7O4S. The lowest BCUT2D eigenvalue weighted by Crippen LogP contribution is -2.53. The lowest BCUT2D eigenvalue weighted by atomic mass is 9.92. The molecule has 2 aromatic carbocycles. The predicted molar refractivity (Wildman–Crippen MR) is 135 cm³/mol. The van der Waals surface area contributed by atoms with E-state index in [0.29, 0.717) is 11.8 Å². The molecule has 5 aromatic rings. The molecule has 1 aliphatic heterocycles. The number of nitrogens with zero attached hydrogens (tertiary/aromatic N) is 7.